The molecule has 0 saturated heterocycles. The molecule has 0 bridgehead atoms. The number of fused-ring (bicyclic) bond motifs is 1. The Morgan fingerprint density at radius 1 is 0.955 bits per heavy atom. The molecule has 0 N–H and O–H groups in total. The molecule has 0 amide bonds. The number of nitrogens with zero attached hydrogens (tertiary/aromatic N) is 1. The summed E-state index contributed by atoms with van der Waals surface area (Å²) in [5.41, 5.74) is 7.39. The van der Waals surface area contributed by atoms with Crippen LogP contribution in [0.5, 0.6) is 0 Å². The van der Waals surface area contributed by atoms with Crippen LogP contribution in [-0.4, -0.2) is 13.3 Å². The third-order valence-corrected chi connectivity index (χ3v) is 9.27. The van der Waals surface area contributed by atoms with Crippen LogP contribution in [-0.2, 0) is 19.9 Å². The van der Waals surface area contributed by atoms with Gasteiger partial charge in [-0.2, -0.15) is 0 Å². The summed E-state index contributed by atoms with van der Waals surface area (Å²) in [5, 5.41) is 0. The number of hydrogen-bond acceptors (Lipinski definition) is 0. The molecular weight excluding hydrogens is 327 g/mol. The summed E-state index contributed by atoms with van der Waals surface area (Å²) < 4.78 is 3.87. The first-order chi connectivity index (χ1) is 10.4. The summed E-state index contributed by atoms with van der Waals surface area (Å²) in [6.45, 7) is 2.27. The molecule has 0 fully saturated rings. The molecule has 1 aromatic carbocycles. The summed E-state index contributed by atoms with van der Waals surface area (Å²) in [5.74, 6) is 7.41. The van der Waals surface area contributed by atoms with Gasteiger partial charge in [-0.3, -0.25) is 0 Å². The van der Waals surface area contributed by atoms with Gasteiger partial charge in [0.25, 0.3) is 0 Å². The van der Waals surface area contributed by atoms with E-state index in [1.54, 1.807) is 15.5 Å². The van der Waals surface area contributed by atoms with Gasteiger partial charge in [-0.1, -0.05) is 0 Å². The summed E-state index contributed by atoms with van der Waals surface area (Å²) in [4.78, 5) is 0. The van der Waals surface area contributed by atoms with Gasteiger partial charge in [-0.25, -0.2) is 0 Å². The maximum atomic E-state index is 2.47. The number of rotatable bonds is 2. The Bertz CT molecular complexity index is 710. The van der Waals surface area contributed by atoms with Crippen LogP contribution in [0.15, 0.2) is 30.5 Å². The van der Waals surface area contributed by atoms with Gasteiger partial charge in [0.05, 0.1) is 0 Å². The van der Waals surface area contributed by atoms with Crippen molar-refractivity contribution in [1.82, 2.24) is 0 Å². The molecule has 22 heavy (non-hydrogen) atoms. The molecule has 0 spiro atoms. The Kier molecular flexibility index (Phi) is 4.20. The maximum absolute atomic E-state index is 2.47. The topological polar surface area (TPSA) is 3.88 Å². The molecule has 1 nitrogen and oxygen atoms in total. The molecule has 1 aliphatic rings. The SMILES string of the molecule is Cc1cc2c(cc1-c1c[c]([Ge]([CH3])([CH3])[CH3])cc[n+]1C)CCCC2. The molecule has 116 valence electrons. The van der Waals surface area contributed by atoms with E-state index in [1.807, 2.05) is 0 Å². The van der Waals surface area contributed by atoms with E-state index in [2.05, 4.69) is 66.3 Å². The fourth-order valence-corrected chi connectivity index (χ4v) is 5.89. The summed E-state index contributed by atoms with van der Waals surface area (Å²) >= 11 is -1.79. The van der Waals surface area contributed by atoms with Crippen LogP contribution in [0.2, 0.25) is 17.3 Å². The zero-order chi connectivity index (χ0) is 15.9. The number of pyridine rings is 1. The fraction of sp³-hybridized carbons (Fsp3) is 0.450. The van der Waals surface area contributed by atoms with Gasteiger partial charge in [-0.15, -0.1) is 0 Å². The standard InChI is InChI=1S/C20H28GeN/c1-15-12-16-8-6-7-9-17(16)13-19(15)20-14-18(21(2,3)4)10-11-22(20)5/h10-14H,6-9H2,1-5H3/q+1. The molecule has 0 atom stereocenters. The second kappa shape index (κ2) is 5.84. The van der Waals surface area contributed by atoms with Crippen molar-refractivity contribution in [2.45, 2.75) is 49.9 Å². The summed E-state index contributed by atoms with van der Waals surface area (Å²) in [6.07, 6.45) is 7.47. The van der Waals surface area contributed by atoms with E-state index in [0.717, 1.165) is 0 Å². The molecule has 0 saturated carbocycles. The monoisotopic (exact) mass is 356 g/mol. The molecule has 1 aromatic heterocycles. The average molecular weight is 355 g/mol. The first-order valence-electron chi connectivity index (χ1n) is 8.49. The number of benzene rings is 1. The van der Waals surface area contributed by atoms with E-state index < -0.39 is 13.3 Å². The van der Waals surface area contributed by atoms with Crippen molar-refractivity contribution in [1.29, 1.82) is 0 Å². The van der Waals surface area contributed by atoms with Crippen LogP contribution >= 0.6 is 0 Å². The predicted molar refractivity (Wildman–Crippen MR) is 97.4 cm³/mol. The van der Waals surface area contributed by atoms with E-state index in [0.29, 0.717) is 0 Å². The Morgan fingerprint density at radius 2 is 1.59 bits per heavy atom. The fourth-order valence-electron chi connectivity index (χ4n) is 3.49. The second-order valence-electron chi connectivity index (χ2n) is 7.80. The van der Waals surface area contributed by atoms with E-state index in [4.69, 9.17) is 0 Å². The van der Waals surface area contributed by atoms with Crippen molar-refractivity contribution in [2.75, 3.05) is 0 Å². The van der Waals surface area contributed by atoms with E-state index in [9.17, 15) is 0 Å². The minimum absolute atomic E-state index is 1.25. The second-order valence-corrected chi connectivity index (χ2v) is 18.5. The first kappa shape index (κ1) is 15.8. The van der Waals surface area contributed by atoms with Crippen LogP contribution in [0.3, 0.4) is 0 Å². The van der Waals surface area contributed by atoms with E-state index >= 15 is 0 Å². The number of aromatic nitrogens is 1. The van der Waals surface area contributed by atoms with Crippen LogP contribution < -0.4 is 8.96 Å². The predicted octanol–water partition coefficient (Wildman–Crippen LogP) is 3.91. The zero-order valence-corrected chi connectivity index (χ0v) is 16.8. The number of aryl methyl sites for hydroxylation is 4. The third-order valence-electron chi connectivity index (χ3n) is 4.98. The van der Waals surface area contributed by atoms with Gasteiger partial charge in [0.1, 0.15) is 0 Å². The van der Waals surface area contributed by atoms with E-state index in [-0.39, 0.29) is 0 Å². The van der Waals surface area contributed by atoms with Crippen molar-refractivity contribution in [2.24, 2.45) is 7.05 Å². The van der Waals surface area contributed by atoms with Gasteiger partial charge >= 0.3 is 138 Å². The Labute approximate surface area is 137 Å². The molecule has 1 aliphatic carbocycles. The Balaban J connectivity index is 2.15. The van der Waals surface area contributed by atoms with Crippen molar-refractivity contribution in [3.8, 4) is 11.3 Å². The van der Waals surface area contributed by atoms with Gasteiger partial charge in [-0.05, 0) is 0 Å². The van der Waals surface area contributed by atoms with Crippen molar-refractivity contribution >= 4 is 17.7 Å². The van der Waals surface area contributed by atoms with Crippen molar-refractivity contribution < 1.29 is 4.57 Å². The van der Waals surface area contributed by atoms with Crippen LogP contribution in [0.25, 0.3) is 11.3 Å². The van der Waals surface area contributed by atoms with Gasteiger partial charge in [0, 0.05) is 0 Å². The first-order valence-corrected chi connectivity index (χ1v) is 15.8. The van der Waals surface area contributed by atoms with Crippen molar-refractivity contribution in [3.05, 3.63) is 47.2 Å². The summed E-state index contributed by atoms with van der Waals surface area (Å²) in [7, 11) is 2.17. The third kappa shape index (κ3) is 3.01. The molecule has 0 unspecified atom stereocenters. The molecule has 0 radical (unpaired) electrons. The Morgan fingerprint density at radius 3 is 2.23 bits per heavy atom. The van der Waals surface area contributed by atoms with Crippen LogP contribution in [0.1, 0.15) is 29.5 Å². The van der Waals surface area contributed by atoms with Gasteiger partial charge in [0.2, 0.25) is 0 Å². The normalized spacial score (nSPS) is 14.8. The van der Waals surface area contributed by atoms with Gasteiger partial charge in [0.15, 0.2) is 0 Å². The van der Waals surface area contributed by atoms with Crippen LogP contribution in [0, 0.1) is 6.92 Å². The quantitative estimate of drug-likeness (QED) is 0.568. The molecular formula is C20H28GeN+. The van der Waals surface area contributed by atoms with Crippen molar-refractivity contribution in [3.63, 3.8) is 0 Å². The Hall–Kier alpha value is -1.09. The van der Waals surface area contributed by atoms with Crippen LogP contribution in [0.4, 0.5) is 0 Å². The summed E-state index contributed by atoms with van der Waals surface area (Å²) in [6, 6.07) is 9.70. The zero-order valence-electron chi connectivity index (χ0n) is 14.7. The molecule has 0 aliphatic heterocycles. The number of hydrogen-bond donors (Lipinski definition) is 0. The minimum atomic E-state index is -1.79. The van der Waals surface area contributed by atoms with Gasteiger partial charge < -0.3 is 0 Å². The average Bonchev–Trinajstić information content (AvgIpc) is 2.46. The molecule has 2 heteroatoms. The molecule has 3 rings (SSSR count). The van der Waals surface area contributed by atoms with E-state index in [1.165, 1.54) is 42.5 Å². The molecule has 1 heterocycles. The molecule has 2 aromatic rings.